The predicted octanol–water partition coefficient (Wildman–Crippen LogP) is -0.343. The van der Waals surface area contributed by atoms with Crippen LogP contribution in [0.3, 0.4) is 0 Å². The lowest BCUT2D eigenvalue weighted by atomic mass is 9.99. The maximum Gasteiger partial charge on any atom is 0.272 e. The average Bonchev–Trinajstić information content (AvgIpc) is 2.15. The summed E-state index contributed by atoms with van der Waals surface area (Å²) >= 11 is 0. The van der Waals surface area contributed by atoms with Gasteiger partial charge in [0.25, 0.3) is 10.1 Å². The van der Waals surface area contributed by atoms with Crippen molar-refractivity contribution < 1.29 is 17.8 Å². The van der Waals surface area contributed by atoms with E-state index in [1.54, 1.807) is 0 Å². The van der Waals surface area contributed by atoms with Crippen LogP contribution in [0.5, 0.6) is 0 Å². The zero-order chi connectivity index (χ0) is 10.8. The Morgan fingerprint density at radius 1 is 1.57 bits per heavy atom. The highest BCUT2D eigenvalue weighted by Gasteiger charge is 2.29. The summed E-state index contributed by atoms with van der Waals surface area (Å²) in [7, 11) is -4.18. The van der Waals surface area contributed by atoms with Gasteiger partial charge in [0.15, 0.2) is 0 Å². The molecule has 6 heteroatoms. The number of carbonyl (C=O) groups excluding carboxylic acids is 1. The highest BCUT2D eigenvalue weighted by molar-refractivity contribution is 7.86. The van der Waals surface area contributed by atoms with E-state index in [4.69, 9.17) is 10.3 Å². The Morgan fingerprint density at radius 2 is 2.21 bits per heavy atom. The SMILES string of the molecule is NCC1=CC=C(C=O)CC1S(=O)(=O)O. The van der Waals surface area contributed by atoms with Gasteiger partial charge in [-0.1, -0.05) is 12.2 Å². The zero-order valence-corrected chi connectivity index (χ0v) is 8.20. The van der Waals surface area contributed by atoms with Crippen molar-refractivity contribution in [3.8, 4) is 0 Å². The lowest BCUT2D eigenvalue weighted by Gasteiger charge is -2.19. The normalized spacial score (nSPS) is 22.6. The smallest absolute Gasteiger partial charge is 0.272 e. The van der Waals surface area contributed by atoms with Crippen LogP contribution in [0.4, 0.5) is 0 Å². The van der Waals surface area contributed by atoms with Crippen molar-refractivity contribution in [3.05, 3.63) is 23.3 Å². The minimum Gasteiger partial charge on any atom is -0.327 e. The Bertz CT molecular complexity index is 394. The highest BCUT2D eigenvalue weighted by atomic mass is 32.2. The summed E-state index contributed by atoms with van der Waals surface area (Å²) in [5, 5.41) is -1.07. The fourth-order valence-electron chi connectivity index (χ4n) is 1.32. The van der Waals surface area contributed by atoms with Gasteiger partial charge in [-0.15, -0.1) is 0 Å². The van der Waals surface area contributed by atoms with Gasteiger partial charge < -0.3 is 5.73 Å². The number of nitrogens with two attached hydrogens (primary N) is 1. The molecule has 0 saturated heterocycles. The Kier molecular flexibility index (Phi) is 3.20. The van der Waals surface area contributed by atoms with Gasteiger partial charge >= 0.3 is 0 Å². The van der Waals surface area contributed by atoms with Crippen molar-refractivity contribution >= 4 is 16.4 Å². The standard InChI is InChI=1S/C8H11NO4S/c9-4-7-2-1-6(5-10)3-8(7)14(11,12)13/h1-2,5,8H,3-4,9H2,(H,11,12,13). The predicted molar refractivity (Wildman–Crippen MR) is 51.2 cm³/mol. The molecule has 1 rings (SSSR count). The van der Waals surface area contributed by atoms with Gasteiger partial charge in [0.2, 0.25) is 0 Å². The van der Waals surface area contributed by atoms with E-state index in [1.807, 2.05) is 0 Å². The van der Waals surface area contributed by atoms with E-state index < -0.39 is 15.4 Å². The molecule has 0 saturated carbocycles. The molecule has 1 aliphatic rings. The van der Waals surface area contributed by atoms with E-state index in [-0.39, 0.29) is 13.0 Å². The summed E-state index contributed by atoms with van der Waals surface area (Å²) in [6.07, 6.45) is 3.54. The molecule has 0 amide bonds. The third-order valence-electron chi connectivity index (χ3n) is 2.09. The lowest BCUT2D eigenvalue weighted by molar-refractivity contribution is -0.105. The molecule has 0 radical (unpaired) electrons. The monoisotopic (exact) mass is 217 g/mol. The second-order valence-electron chi connectivity index (χ2n) is 3.01. The van der Waals surface area contributed by atoms with Crippen LogP contribution < -0.4 is 5.73 Å². The highest BCUT2D eigenvalue weighted by Crippen LogP contribution is 2.22. The summed E-state index contributed by atoms with van der Waals surface area (Å²) in [5.74, 6) is 0. The Labute approximate surface area is 82.0 Å². The molecule has 78 valence electrons. The van der Waals surface area contributed by atoms with Gasteiger partial charge in [0.1, 0.15) is 11.5 Å². The van der Waals surface area contributed by atoms with Crippen molar-refractivity contribution in [1.29, 1.82) is 0 Å². The number of hydrogen-bond donors (Lipinski definition) is 2. The largest absolute Gasteiger partial charge is 0.327 e. The minimum absolute atomic E-state index is 0.00856. The number of allylic oxidation sites excluding steroid dienone is 3. The third kappa shape index (κ3) is 2.28. The van der Waals surface area contributed by atoms with Gasteiger partial charge in [0.05, 0.1) is 0 Å². The van der Waals surface area contributed by atoms with Crippen LogP contribution in [0.25, 0.3) is 0 Å². The van der Waals surface area contributed by atoms with Crippen molar-refractivity contribution in [2.75, 3.05) is 6.54 Å². The van der Waals surface area contributed by atoms with Crippen LogP contribution in [-0.4, -0.2) is 31.1 Å². The topological polar surface area (TPSA) is 97.5 Å². The first-order valence-corrected chi connectivity index (χ1v) is 5.50. The van der Waals surface area contributed by atoms with Gasteiger partial charge in [-0.3, -0.25) is 9.35 Å². The molecule has 5 nitrogen and oxygen atoms in total. The first-order valence-electron chi connectivity index (χ1n) is 4.00. The molecule has 0 bridgehead atoms. The van der Waals surface area contributed by atoms with Crippen LogP contribution in [0.1, 0.15) is 6.42 Å². The lowest BCUT2D eigenvalue weighted by Crippen LogP contribution is -2.29. The molecule has 0 spiro atoms. The maximum absolute atomic E-state index is 10.9. The minimum atomic E-state index is -4.18. The summed E-state index contributed by atoms with van der Waals surface area (Å²) in [5.41, 5.74) is 6.07. The van der Waals surface area contributed by atoms with E-state index >= 15 is 0 Å². The molecular formula is C8H11NO4S. The van der Waals surface area contributed by atoms with Crippen LogP contribution in [0, 0.1) is 0 Å². The first-order chi connectivity index (χ1) is 6.49. The summed E-state index contributed by atoms with van der Waals surface area (Å²) in [6.45, 7) is 0.0487. The molecule has 0 aromatic heterocycles. The van der Waals surface area contributed by atoms with E-state index in [0.29, 0.717) is 17.4 Å². The maximum atomic E-state index is 10.9. The Balaban J connectivity index is 3.06. The van der Waals surface area contributed by atoms with Crippen LogP contribution in [0.15, 0.2) is 23.3 Å². The van der Waals surface area contributed by atoms with E-state index in [2.05, 4.69) is 0 Å². The Morgan fingerprint density at radius 3 is 2.64 bits per heavy atom. The summed E-state index contributed by atoms with van der Waals surface area (Å²) in [6, 6.07) is 0. The molecule has 1 aliphatic carbocycles. The number of carbonyl (C=O) groups is 1. The molecule has 0 fully saturated rings. The molecule has 3 N–H and O–H groups in total. The van der Waals surface area contributed by atoms with E-state index in [0.717, 1.165) is 0 Å². The fourth-order valence-corrected chi connectivity index (χ4v) is 2.28. The molecule has 14 heavy (non-hydrogen) atoms. The van der Waals surface area contributed by atoms with Crippen LogP contribution in [-0.2, 0) is 14.9 Å². The van der Waals surface area contributed by atoms with Gasteiger partial charge in [-0.2, -0.15) is 8.42 Å². The molecule has 1 unspecified atom stereocenters. The van der Waals surface area contributed by atoms with Crippen molar-refractivity contribution in [3.63, 3.8) is 0 Å². The quantitative estimate of drug-likeness (QED) is 0.497. The number of hydrogen-bond acceptors (Lipinski definition) is 4. The molecular weight excluding hydrogens is 206 g/mol. The molecule has 0 aliphatic heterocycles. The zero-order valence-electron chi connectivity index (χ0n) is 7.38. The van der Waals surface area contributed by atoms with Crippen LogP contribution >= 0.6 is 0 Å². The fraction of sp³-hybridized carbons (Fsp3) is 0.375. The van der Waals surface area contributed by atoms with Crippen molar-refractivity contribution in [2.45, 2.75) is 11.7 Å². The molecule has 0 heterocycles. The van der Waals surface area contributed by atoms with Gasteiger partial charge in [-0.25, -0.2) is 0 Å². The second kappa shape index (κ2) is 4.04. The van der Waals surface area contributed by atoms with E-state index in [1.165, 1.54) is 12.2 Å². The molecule has 0 aromatic rings. The summed E-state index contributed by atoms with van der Waals surface area (Å²) < 4.78 is 30.8. The first kappa shape index (κ1) is 11.1. The molecule has 0 aromatic carbocycles. The number of aldehydes is 1. The van der Waals surface area contributed by atoms with Crippen LogP contribution in [0.2, 0.25) is 0 Å². The van der Waals surface area contributed by atoms with Gasteiger partial charge in [0, 0.05) is 6.54 Å². The van der Waals surface area contributed by atoms with Gasteiger partial charge in [-0.05, 0) is 17.6 Å². The van der Waals surface area contributed by atoms with Crippen molar-refractivity contribution in [2.24, 2.45) is 5.73 Å². The molecule has 1 atom stereocenters. The van der Waals surface area contributed by atoms with E-state index in [9.17, 15) is 13.2 Å². The third-order valence-corrected chi connectivity index (χ3v) is 3.28. The van der Waals surface area contributed by atoms with Crippen molar-refractivity contribution in [1.82, 2.24) is 0 Å². The number of rotatable bonds is 3. The Hall–Kier alpha value is -0.980. The average molecular weight is 217 g/mol. The second-order valence-corrected chi connectivity index (χ2v) is 4.61. The summed E-state index contributed by atoms with van der Waals surface area (Å²) in [4.78, 5) is 10.4.